The fourth-order valence-electron chi connectivity index (χ4n) is 6.07. The number of hydrogen-bond donors (Lipinski definition) is 2. The van der Waals surface area contributed by atoms with Crippen molar-refractivity contribution in [3.63, 3.8) is 0 Å². The zero-order valence-corrected chi connectivity index (χ0v) is 40.8. The van der Waals surface area contributed by atoms with Crippen LogP contribution in [0.2, 0.25) is 0 Å². The van der Waals surface area contributed by atoms with Crippen LogP contribution in [0.5, 0.6) is 0 Å². The maximum absolute atomic E-state index is 12.6. The third-order valence-corrected chi connectivity index (χ3v) is 10.0. The number of ether oxygens (including phenoxy) is 8. The Labute approximate surface area is 400 Å². The summed E-state index contributed by atoms with van der Waals surface area (Å²) in [5.74, 6) is -7.87. The molecular formula is C42H60N12O16. The zero-order chi connectivity index (χ0) is 53.0. The molecule has 2 aliphatic heterocycles. The van der Waals surface area contributed by atoms with Crippen molar-refractivity contribution in [1.29, 1.82) is 0 Å². The smallest absolute Gasteiger partial charge is 0.351 e. The Balaban J connectivity index is 0.000000370. The lowest BCUT2D eigenvalue weighted by molar-refractivity contribution is -0.183. The lowest BCUT2D eigenvalue weighted by Crippen LogP contribution is -2.50. The number of nitrogen functional groups attached to an aromatic ring is 2. The first-order chi connectivity index (χ1) is 32.6. The van der Waals surface area contributed by atoms with E-state index < -0.39 is 144 Å². The van der Waals surface area contributed by atoms with Crippen LogP contribution < -0.4 is 22.8 Å². The van der Waals surface area contributed by atoms with E-state index >= 15 is 0 Å². The van der Waals surface area contributed by atoms with Gasteiger partial charge in [-0.1, -0.05) is 93.3 Å². The summed E-state index contributed by atoms with van der Waals surface area (Å²) in [5, 5.41) is 7.32. The molecule has 8 atom stereocenters. The van der Waals surface area contributed by atoms with E-state index in [0.717, 1.165) is 9.13 Å². The summed E-state index contributed by atoms with van der Waals surface area (Å²) in [6, 6.07) is 2.60. The fraction of sp³-hybridized carbons (Fsp3) is 0.667. The van der Waals surface area contributed by atoms with Crippen molar-refractivity contribution in [2.45, 2.75) is 131 Å². The largest absolute Gasteiger partial charge is 0.462 e. The lowest BCUT2D eigenvalue weighted by Gasteiger charge is -2.30. The predicted molar refractivity (Wildman–Crippen MR) is 240 cm³/mol. The summed E-state index contributed by atoms with van der Waals surface area (Å²) in [6.07, 6.45) is -6.56. The third-order valence-electron chi connectivity index (χ3n) is 10.0. The standard InChI is InChI=1S/2C21H30N6O8/c2*1-10(2)17(28)32-9-21(25-26-23)15(34-19(30)12(5)6)14(33-18(29)11(3)4)16(35-21)27-8-7-13(22)24-20(27)31/h2*7-8,10-12,14-16H,9H2,1-6H3,(H2,22,24,31)/t2*14-,15+,16-,21-/m11/s1. The van der Waals surface area contributed by atoms with Crippen LogP contribution >= 0.6 is 0 Å². The Hall–Kier alpha value is -7.28. The third kappa shape index (κ3) is 13.9. The molecule has 2 aliphatic rings. The van der Waals surface area contributed by atoms with Crippen LogP contribution in [0.15, 0.2) is 44.3 Å². The van der Waals surface area contributed by atoms with Crippen molar-refractivity contribution in [3.8, 4) is 0 Å². The van der Waals surface area contributed by atoms with Crippen LogP contribution in [-0.2, 0) is 66.7 Å². The molecule has 384 valence electrons. The van der Waals surface area contributed by atoms with Crippen LogP contribution in [-0.4, -0.2) is 104 Å². The van der Waals surface area contributed by atoms with Crippen molar-refractivity contribution >= 4 is 47.5 Å². The maximum Gasteiger partial charge on any atom is 0.351 e. The van der Waals surface area contributed by atoms with Crippen molar-refractivity contribution in [2.24, 2.45) is 45.7 Å². The van der Waals surface area contributed by atoms with Gasteiger partial charge in [0.25, 0.3) is 0 Å². The highest BCUT2D eigenvalue weighted by atomic mass is 16.7. The topological polar surface area (TPSA) is 396 Å². The minimum absolute atomic E-state index is 0.0741. The number of nitrogens with two attached hydrogens (primary N) is 2. The summed E-state index contributed by atoms with van der Waals surface area (Å²) < 4.78 is 46.7. The highest BCUT2D eigenvalue weighted by Crippen LogP contribution is 2.44. The van der Waals surface area contributed by atoms with Crippen molar-refractivity contribution in [2.75, 3.05) is 24.7 Å². The first kappa shape index (κ1) is 57.0. The molecule has 0 radical (unpaired) electrons. The number of carbonyl (C=O) groups excluding carboxylic acids is 6. The summed E-state index contributed by atoms with van der Waals surface area (Å²) in [6.45, 7) is 17.5. The highest BCUT2D eigenvalue weighted by Gasteiger charge is 2.63. The number of carbonyl (C=O) groups is 6. The van der Waals surface area contributed by atoms with Crippen LogP contribution in [0, 0.1) is 35.5 Å². The molecule has 4 N–H and O–H groups in total. The number of rotatable bonds is 18. The van der Waals surface area contributed by atoms with Crippen molar-refractivity contribution in [1.82, 2.24) is 19.1 Å². The molecule has 0 saturated carbocycles. The van der Waals surface area contributed by atoms with Gasteiger partial charge in [0, 0.05) is 22.2 Å². The first-order valence-corrected chi connectivity index (χ1v) is 22.0. The Morgan fingerprint density at radius 3 is 1.11 bits per heavy atom. The Morgan fingerprint density at radius 2 is 0.857 bits per heavy atom. The van der Waals surface area contributed by atoms with Crippen molar-refractivity contribution in [3.05, 3.63) is 66.4 Å². The summed E-state index contributed by atoms with van der Waals surface area (Å²) in [4.78, 5) is 113. The Kier molecular flexibility index (Phi) is 19.8. The number of aromatic nitrogens is 4. The second-order valence-corrected chi connectivity index (χ2v) is 17.8. The molecule has 0 unspecified atom stereocenters. The number of nitrogens with zero attached hydrogens (tertiary/aromatic N) is 10. The predicted octanol–water partition coefficient (Wildman–Crippen LogP) is 3.39. The van der Waals surface area contributed by atoms with Crippen LogP contribution in [0.1, 0.15) is 95.5 Å². The van der Waals surface area contributed by atoms with Crippen LogP contribution in [0.25, 0.3) is 20.9 Å². The molecular weight excluding hydrogens is 929 g/mol. The fourth-order valence-corrected chi connectivity index (χ4v) is 6.07. The monoisotopic (exact) mass is 988 g/mol. The highest BCUT2D eigenvalue weighted by molar-refractivity contribution is 5.74. The van der Waals surface area contributed by atoms with Gasteiger partial charge in [0.2, 0.25) is 11.4 Å². The van der Waals surface area contributed by atoms with E-state index in [9.17, 15) is 49.4 Å². The Morgan fingerprint density at radius 1 is 0.571 bits per heavy atom. The summed E-state index contributed by atoms with van der Waals surface area (Å²) >= 11 is 0. The van der Waals surface area contributed by atoms with Crippen LogP contribution in [0.4, 0.5) is 11.6 Å². The minimum Gasteiger partial charge on any atom is -0.462 e. The minimum atomic E-state index is -2.17. The van der Waals surface area contributed by atoms with E-state index in [1.54, 1.807) is 83.1 Å². The van der Waals surface area contributed by atoms with Gasteiger partial charge < -0.3 is 49.4 Å². The lowest BCUT2D eigenvalue weighted by atomic mass is 10.0. The van der Waals surface area contributed by atoms with Gasteiger partial charge in [0.1, 0.15) is 24.8 Å². The number of esters is 6. The van der Waals surface area contributed by atoms with Gasteiger partial charge in [0.15, 0.2) is 36.9 Å². The quantitative estimate of drug-likeness (QED) is 0.0710. The maximum atomic E-state index is 12.6. The average Bonchev–Trinajstić information content (AvgIpc) is 3.71. The number of anilines is 2. The Bertz CT molecular complexity index is 2300. The van der Waals surface area contributed by atoms with E-state index in [1.165, 1.54) is 24.5 Å². The average molecular weight is 989 g/mol. The molecule has 4 heterocycles. The molecule has 0 aliphatic carbocycles. The van der Waals surface area contributed by atoms with E-state index in [2.05, 4.69) is 30.0 Å². The van der Waals surface area contributed by atoms with Gasteiger partial charge in [-0.25, -0.2) is 9.59 Å². The SMILES string of the molecule is CC(C)C(=O)OC[C@@]1(N=[N+]=[N-])O[C@@H](n2ccc(N)nc2=O)[C@H](OC(=O)C(C)C)[C@@H]1OC(=O)C(C)C.CC(C)C(=O)OC[C@@]1(N=[N+]=[N-])O[C@@H](n2ccc(N)nc2=O)[C@H](OC(=O)C(C)C)[C@@H]1OC(=O)C(C)C. The summed E-state index contributed by atoms with van der Waals surface area (Å²) in [5.41, 5.74) is 23.7. The molecule has 2 saturated heterocycles. The van der Waals surface area contributed by atoms with Gasteiger partial charge in [-0.05, 0) is 23.2 Å². The summed E-state index contributed by atoms with van der Waals surface area (Å²) in [7, 11) is 0. The van der Waals surface area contributed by atoms with Gasteiger partial charge in [-0.15, -0.1) is 0 Å². The molecule has 28 heteroatoms. The molecule has 0 amide bonds. The van der Waals surface area contributed by atoms with Gasteiger partial charge in [-0.3, -0.25) is 37.9 Å². The molecule has 70 heavy (non-hydrogen) atoms. The van der Waals surface area contributed by atoms with E-state index in [0.29, 0.717) is 0 Å². The second kappa shape index (κ2) is 24.3. The normalized spacial score (nSPS) is 23.7. The molecule has 4 rings (SSSR count). The van der Waals surface area contributed by atoms with Gasteiger partial charge >= 0.3 is 47.2 Å². The first-order valence-electron chi connectivity index (χ1n) is 22.0. The van der Waals surface area contributed by atoms with E-state index in [4.69, 9.17) is 49.4 Å². The molecule has 0 spiro atoms. The van der Waals surface area contributed by atoms with E-state index in [-0.39, 0.29) is 11.6 Å². The molecule has 28 nitrogen and oxygen atoms in total. The molecule has 0 aromatic carbocycles. The van der Waals surface area contributed by atoms with Crippen LogP contribution in [0.3, 0.4) is 0 Å². The molecule has 2 aromatic heterocycles. The van der Waals surface area contributed by atoms with Gasteiger partial charge in [-0.2, -0.15) is 9.97 Å². The molecule has 2 fully saturated rings. The number of hydrogen-bond acceptors (Lipinski definition) is 22. The zero-order valence-electron chi connectivity index (χ0n) is 40.8. The van der Waals surface area contributed by atoms with Gasteiger partial charge in [0.05, 0.1) is 35.5 Å². The number of azide groups is 2. The van der Waals surface area contributed by atoms with Crippen molar-refractivity contribution < 1.29 is 66.7 Å². The second-order valence-electron chi connectivity index (χ2n) is 17.8. The molecule has 2 aromatic rings. The molecule has 0 bridgehead atoms. The van der Waals surface area contributed by atoms with E-state index in [1.807, 2.05) is 0 Å².